The number of nitrogens with zero attached hydrogens (tertiary/aromatic N) is 4. The molecule has 2 aromatic heterocycles. The number of hydrogen-bond acceptors (Lipinski definition) is 7. The highest BCUT2D eigenvalue weighted by molar-refractivity contribution is 7.18. The molecule has 33 heavy (non-hydrogen) atoms. The number of nitrogens with one attached hydrogen (secondary N) is 1. The number of ketones is 1. The maximum atomic E-state index is 13.7. The lowest BCUT2D eigenvalue weighted by atomic mass is 9.97. The topological polar surface area (TPSA) is 79.6 Å². The predicted octanol–water partition coefficient (Wildman–Crippen LogP) is 4.54. The number of carbonyl (C=O) groups excluding carboxylic acids is 1. The standard InChI is InChI=1S/C25H21N5O2S/c1-15-11-13-17(14-12-15)29-25-26-23-20(18-9-5-6-10-19(18)33-23)24(32)30(25)28-22(27-29)21(31)16-7-3-2-4-8-16/h2-4,7-8,11-14H,5-6,9-10H2,1H3,(H,27,28). The SMILES string of the molecule is Cc1ccc(N2N=C(C(=O)c3ccccc3)Nn3c2nc2sc4c(c2c3=O)CCCC4)cc1. The zero-order chi connectivity index (χ0) is 22.5. The highest BCUT2D eigenvalue weighted by Gasteiger charge is 2.30. The summed E-state index contributed by atoms with van der Waals surface area (Å²) in [5.41, 5.74) is 6.20. The van der Waals surface area contributed by atoms with Crippen molar-refractivity contribution in [3.05, 3.63) is 86.5 Å². The highest BCUT2D eigenvalue weighted by Crippen LogP contribution is 2.36. The summed E-state index contributed by atoms with van der Waals surface area (Å²) in [6.45, 7) is 2.01. The maximum absolute atomic E-state index is 13.7. The number of anilines is 2. The van der Waals surface area contributed by atoms with Crippen LogP contribution < -0.4 is 16.0 Å². The lowest BCUT2D eigenvalue weighted by Gasteiger charge is -2.28. The van der Waals surface area contributed by atoms with Crippen molar-refractivity contribution in [3.8, 4) is 0 Å². The molecule has 1 aliphatic carbocycles. The average molecular weight is 456 g/mol. The number of hydrogen-bond donors (Lipinski definition) is 1. The van der Waals surface area contributed by atoms with Crippen LogP contribution in [0.4, 0.5) is 11.6 Å². The smallest absolute Gasteiger partial charge is 0.283 e. The van der Waals surface area contributed by atoms with Crippen LogP contribution in [0.1, 0.15) is 39.2 Å². The summed E-state index contributed by atoms with van der Waals surface area (Å²) >= 11 is 1.60. The molecular weight excluding hydrogens is 434 g/mol. The van der Waals surface area contributed by atoms with Crippen molar-refractivity contribution >= 4 is 44.8 Å². The quantitative estimate of drug-likeness (QED) is 0.459. The molecule has 6 rings (SSSR count). The second kappa shape index (κ2) is 7.67. The molecule has 8 heteroatoms. The number of Topliss-reactive ketones (excluding diaryl/α,β-unsaturated/α-hetero) is 1. The third-order valence-corrected chi connectivity index (χ3v) is 7.29. The van der Waals surface area contributed by atoms with Crippen LogP contribution in [0.25, 0.3) is 10.2 Å². The van der Waals surface area contributed by atoms with Gasteiger partial charge in [-0.2, -0.15) is 14.7 Å². The molecule has 0 fully saturated rings. The number of thiophene rings is 1. The molecule has 1 aliphatic heterocycles. The van der Waals surface area contributed by atoms with Crippen LogP contribution in [-0.4, -0.2) is 21.3 Å². The third kappa shape index (κ3) is 3.25. The number of benzene rings is 2. The van der Waals surface area contributed by atoms with Gasteiger partial charge in [0.15, 0.2) is 0 Å². The summed E-state index contributed by atoms with van der Waals surface area (Å²) in [6.07, 6.45) is 4.07. The largest absolute Gasteiger partial charge is 0.285 e. The van der Waals surface area contributed by atoms with Gasteiger partial charge in [-0.15, -0.1) is 16.4 Å². The van der Waals surface area contributed by atoms with Crippen molar-refractivity contribution in [1.29, 1.82) is 0 Å². The summed E-state index contributed by atoms with van der Waals surface area (Å²) in [7, 11) is 0. The van der Waals surface area contributed by atoms with Gasteiger partial charge in [-0.05, 0) is 50.3 Å². The molecule has 0 saturated heterocycles. The monoisotopic (exact) mass is 455 g/mol. The minimum absolute atomic E-state index is 0.0709. The molecule has 2 aliphatic rings. The zero-order valence-corrected chi connectivity index (χ0v) is 18.9. The fraction of sp³-hybridized carbons (Fsp3) is 0.200. The van der Waals surface area contributed by atoms with Crippen LogP contribution in [0.5, 0.6) is 0 Å². The predicted molar refractivity (Wildman–Crippen MR) is 131 cm³/mol. The molecular formula is C25H21N5O2S. The molecule has 164 valence electrons. The Morgan fingerprint density at radius 1 is 1.03 bits per heavy atom. The first kappa shape index (κ1) is 19.9. The second-order valence-electron chi connectivity index (χ2n) is 8.35. The summed E-state index contributed by atoms with van der Waals surface area (Å²) in [5.74, 6) is 0.124. The van der Waals surface area contributed by atoms with E-state index in [1.54, 1.807) is 40.6 Å². The number of carbonyl (C=O) groups is 1. The molecule has 2 aromatic carbocycles. The third-order valence-electron chi connectivity index (χ3n) is 6.11. The molecule has 0 saturated carbocycles. The highest BCUT2D eigenvalue weighted by atomic mass is 32.1. The summed E-state index contributed by atoms with van der Waals surface area (Å²) in [4.78, 5) is 33.8. The maximum Gasteiger partial charge on any atom is 0.283 e. The molecule has 7 nitrogen and oxygen atoms in total. The van der Waals surface area contributed by atoms with Crippen LogP contribution in [0.2, 0.25) is 0 Å². The van der Waals surface area contributed by atoms with Crippen LogP contribution in [-0.2, 0) is 12.8 Å². The van der Waals surface area contributed by atoms with E-state index in [9.17, 15) is 9.59 Å². The van der Waals surface area contributed by atoms with Crippen LogP contribution in [0, 0.1) is 6.92 Å². The van der Waals surface area contributed by atoms with Crippen LogP contribution in [0.15, 0.2) is 64.5 Å². The van der Waals surface area contributed by atoms with E-state index >= 15 is 0 Å². The Morgan fingerprint density at radius 3 is 2.58 bits per heavy atom. The Bertz CT molecular complexity index is 1490. The van der Waals surface area contributed by atoms with Gasteiger partial charge in [0, 0.05) is 10.4 Å². The summed E-state index contributed by atoms with van der Waals surface area (Å²) in [5, 5.41) is 6.83. The van der Waals surface area contributed by atoms with E-state index < -0.39 is 0 Å². The van der Waals surface area contributed by atoms with Crippen molar-refractivity contribution in [2.24, 2.45) is 5.10 Å². The van der Waals surface area contributed by atoms with E-state index in [1.165, 1.54) is 9.55 Å². The molecule has 4 aromatic rings. The van der Waals surface area contributed by atoms with E-state index in [0.717, 1.165) is 47.3 Å². The number of hydrazone groups is 1. The van der Waals surface area contributed by atoms with Crippen LogP contribution in [0.3, 0.4) is 0 Å². The Balaban J connectivity index is 1.56. The summed E-state index contributed by atoms with van der Waals surface area (Å²) < 4.78 is 1.37. The van der Waals surface area contributed by atoms with Gasteiger partial charge < -0.3 is 0 Å². The van der Waals surface area contributed by atoms with Gasteiger partial charge in [-0.25, -0.2) is 0 Å². The fourth-order valence-electron chi connectivity index (χ4n) is 4.39. The van der Waals surface area contributed by atoms with Crippen molar-refractivity contribution < 1.29 is 4.79 Å². The molecule has 0 unspecified atom stereocenters. The normalized spacial score (nSPS) is 14.9. The Labute approximate surface area is 194 Å². The minimum Gasteiger partial charge on any atom is -0.285 e. The fourth-order valence-corrected chi connectivity index (χ4v) is 5.64. The van der Waals surface area contributed by atoms with E-state index in [1.807, 2.05) is 37.3 Å². The van der Waals surface area contributed by atoms with Gasteiger partial charge in [-0.3, -0.25) is 15.0 Å². The van der Waals surface area contributed by atoms with Crippen molar-refractivity contribution in [2.75, 3.05) is 10.4 Å². The second-order valence-corrected chi connectivity index (χ2v) is 9.43. The number of aromatic nitrogens is 2. The van der Waals surface area contributed by atoms with E-state index in [-0.39, 0.29) is 17.2 Å². The van der Waals surface area contributed by atoms with Crippen molar-refractivity contribution in [1.82, 2.24) is 9.66 Å². The first-order valence-electron chi connectivity index (χ1n) is 11.0. The number of fused-ring (bicyclic) bond motifs is 4. The first-order chi connectivity index (χ1) is 16.1. The summed E-state index contributed by atoms with van der Waals surface area (Å²) in [6, 6.07) is 16.7. The van der Waals surface area contributed by atoms with Crippen LogP contribution >= 0.6 is 11.3 Å². The van der Waals surface area contributed by atoms with Gasteiger partial charge in [0.05, 0.1) is 11.1 Å². The van der Waals surface area contributed by atoms with E-state index in [4.69, 9.17) is 4.98 Å². The van der Waals surface area contributed by atoms with Crippen molar-refractivity contribution in [2.45, 2.75) is 32.6 Å². The lowest BCUT2D eigenvalue weighted by molar-refractivity contribution is 0.106. The van der Waals surface area contributed by atoms with Gasteiger partial charge in [0.1, 0.15) is 4.83 Å². The van der Waals surface area contributed by atoms with E-state index in [0.29, 0.717) is 16.9 Å². The molecule has 0 spiro atoms. The van der Waals surface area contributed by atoms with Gasteiger partial charge in [-0.1, -0.05) is 48.0 Å². The van der Waals surface area contributed by atoms with E-state index in [2.05, 4.69) is 10.5 Å². The van der Waals surface area contributed by atoms with Gasteiger partial charge in [0.2, 0.25) is 11.6 Å². The molecule has 1 N–H and O–H groups in total. The van der Waals surface area contributed by atoms with Gasteiger partial charge in [0.25, 0.3) is 11.5 Å². The molecule has 0 bridgehead atoms. The number of amidine groups is 1. The lowest BCUT2D eigenvalue weighted by Crippen LogP contribution is -2.44. The Morgan fingerprint density at radius 2 is 1.79 bits per heavy atom. The van der Waals surface area contributed by atoms with Gasteiger partial charge >= 0.3 is 0 Å². The first-order valence-corrected chi connectivity index (χ1v) is 11.8. The molecule has 0 atom stereocenters. The number of aryl methyl sites for hydroxylation is 3. The minimum atomic E-state index is -0.294. The van der Waals surface area contributed by atoms with Crippen molar-refractivity contribution in [3.63, 3.8) is 0 Å². The average Bonchev–Trinajstić information content (AvgIpc) is 3.23. The molecule has 0 amide bonds. The number of rotatable bonds is 3. The Hall–Kier alpha value is -3.78. The molecule has 3 heterocycles. The molecule has 0 radical (unpaired) electrons. The zero-order valence-electron chi connectivity index (χ0n) is 18.0. The Kier molecular flexibility index (Phi) is 4.62.